The summed E-state index contributed by atoms with van der Waals surface area (Å²) in [5.41, 5.74) is 1.28. The molecular weight excluding hydrogens is 380 g/mol. The maximum atomic E-state index is 13.0. The Balaban J connectivity index is 1.56. The van der Waals surface area contributed by atoms with Gasteiger partial charge in [-0.3, -0.25) is 9.78 Å². The summed E-state index contributed by atoms with van der Waals surface area (Å²) in [5.74, 6) is 1.57. The quantitative estimate of drug-likeness (QED) is 0.643. The third-order valence-electron chi connectivity index (χ3n) is 4.62. The Labute approximate surface area is 167 Å². The van der Waals surface area contributed by atoms with Gasteiger partial charge in [0, 0.05) is 18.5 Å². The van der Waals surface area contributed by atoms with Crippen molar-refractivity contribution < 1.29 is 13.9 Å². The first-order chi connectivity index (χ1) is 13.5. The molecule has 3 heterocycles. The van der Waals surface area contributed by atoms with E-state index in [-0.39, 0.29) is 17.7 Å². The second-order valence-corrected chi connectivity index (χ2v) is 7.08. The number of halogens is 1. The van der Waals surface area contributed by atoms with E-state index >= 15 is 0 Å². The number of rotatable bonds is 4. The molecule has 4 rings (SSSR count). The van der Waals surface area contributed by atoms with Crippen LogP contribution in [0.2, 0.25) is 5.02 Å². The Morgan fingerprint density at radius 2 is 2.00 bits per heavy atom. The predicted octanol–water partition coefficient (Wildman–Crippen LogP) is 4.50. The van der Waals surface area contributed by atoms with Crippen LogP contribution < -0.4 is 4.74 Å². The zero-order valence-electron chi connectivity index (χ0n) is 15.6. The zero-order valence-corrected chi connectivity index (χ0v) is 16.3. The highest BCUT2D eigenvalue weighted by atomic mass is 35.5. The van der Waals surface area contributed by atoms with E-state index in [0.717, 1.165) is 12.8 Å². The molecule has 0 aliphatic carbocycles. The lowest BCUT2D eigenvalue weighted by Crippen LogP contribution is -2.31. The number of carbonyl (C=O) groups is 1. The maximum absolute atomic E-state index is 13.0. The van der Waals surface area contributed by atoms with Gasteiger partial charge in [-0.05, 0) is 44.0 Å². The van der Waals surface area contributed by atoms with Crippen molar-refractivity contribution in [2.24, 2.45) is 0 Å². The molecule has 1 atom stereocenters. The van der Waals surface area contributed by atoms with Gasteiger partial charge >= 0.3 is 0 Å². The van der Waals surface area contributed by atoms with Crippen LogP contribution in [0.5, 0.6) is 11.6 Å². The minimum absolute atomic E-state index is 0.175. The van der Waals surface area contributed by atoms with Crippen molar-refractivity contribution in [3.8, 4) is 11.6 Å². The molecule has 0 N–H and O–H groups in total. The van der Waals surface area contributed by atoms with E-state index in [4.69, 9.17) is 20.8 Å². The molecule has 28 heavy (non-hydrogen) atoms. The molecule has 144 valence electrons. The minimum atomic E-state index is -0.182. The molecule has 1 aromatic carbocycles. The molecule has 0 unspecified atom stereocenters. The van der Waals surface area contributed by atoms with Crippen molar-refractivity contribution in [2.75, 3.05) is 6.54 Å². The van der Waals surface area contributed by atoms with E-state index < -0.39 is 0 Å². The first kappa shape index (κ1) is 18.4. The van der Waals surface area contributed by atoms with Gasteiger partial charge in [-0.2, -0.15) is 0 Å². The topological polar surface area (TPSA) is 81.4 Å². The molecular formula is C20H19ClN4O3. The molecule has 0 spiro atoms. The van der Waals surface area contributed by atoms with Gasteiger partial charge in [-0.15, -0.1) is 0 Å². The lowest BCUT2D eigenvalue weighted by molar-refractivity contribution is 0.0697. The molecule has 8 heteroatoms. The van der Waals surface area contributed by atoms with Crippen molar-refractivity contribution in [1.82, 2.24) is 19.9 Å². The number of oxazole rings is 1. The summed E-state index contributed by atoms with van der Waals surface area (Å²) in [4.78, 5) is 27.7. The molecule has 2 aromatic heterocycles. The van der Waals surface area contributed by atoms with Gasteiger partial charge in [0.25, 0.3) is 5.91 Å². The van der Waals surface area contributed by atoms with Gasteiger partial charge in [0.1, 0.15) is 5.75 Å². The van der Waals surface area contributed by atoms with Crippen molar-refractivity contribution >= 4 is 17.5 Å². The van der Waals surface area contributed by atoms with Crippen molar-refractivity contribution in [1.29, 1.82) is 0 Å². The second-order valence-electron chi connectivity index (χ2n) is 6.64. The van der Waals surface area contributed by atoms with Crippen molar-refractivity contribution in [3.05, 3.63) is 64.7 Å². The fourth-order valence-corrected chi connectivity index (χ4v) is 3.50. The number of likely N-dealkylation sites (tertiary alicyclic amines) is 1. The number of nitrogens with zero attached hydrogens (tertiary/aromatic N) is 4. The number of aromatic nitrogens is 3. The Bertz CT molecular complexity index is 1000. The Morgan fingerprint density at radius 3 is 2.71 bits per heavy atom. The summed E-state index contributed by atoms with van der Waals surface area (Å²) in [6.45, 7) is 4.14. The number of benzene rings is 1. The molecule has 1 aliphatic heterocycles. The van der Waals surface area contributed by atoms with E-state index in [0.29, 0.717) is 40.5 Å². The van der Waals surface area contributed by atoms with Crippen LogP contribution in [0.3, 0.4) is 0 Å². The summed E-state index contributed by atoms with van der Waals surface area (Å²) < 4.78 is 11.3. The molecule has 0 bridgehead atoms. The van der Waals surface area contributed by atoms with Gasteiger partial charge in [-0.1, -0.05) is 11.6 Å². The average molecular weight is 399 g/mol. The Kier molecular flexibility index (Phi) is 5.00. The highest BCUT2D eigenvalue weighted by Crippen LogP contribution is 2.33. The van der Waals surface area contributed by atoms with E-state index in [1.54, 1.807) is 55.4 Å². The van der Waals surface area contributed by atoms with Crippen molar-refractivity contribution in [2.45, 2.75) is 32.7 Å². The number of ether oxygens (including phenoxy) is 1. The third kappa shape index (κ3) is 3.71. The Morgan fingerprint density at radius 1 is 1.21 bits per heavy atom. The third-order valence-corrected chi connectivity index (χ3v) is 4.87. The maximum Gasteiger partial charge on any atom is 0.292 e. The first-order valence-corrected chi connectivity index (χ1v) is 9.39. The van der Waals surface area contributed by atoms with Crippen LogP contribution in [-0.2, 0) is 0 Å². The van der Waals surface area contributed by atoms with Crippen LogP contribution in [-0.4, -0.2) is 32.3 Å². The largest absolute Gasteiger partial charge is 0.437 e. The number of aryl methyl sites for hydroxylation is 2. The highest BCUT2D eigenvalue weighted by molar-refractivity contribution is 6.30. The van der Waals surface area contributed by atoms with Gasteiger partial charge in [0.2, 0.25) is 11.6 Å². The van der Waals surface area contributed by atoms with E-state index in [1.165, 1.54) is 0 Å². The fourth-order valence-electron chi connectivity index (χ4n) is 3.37. The number of amides is 1. The SMILES string of the molecule is Cc1nc(C)c(C(=O)N2CCC[C@H]2c2cncc(Oc3ccc(Cl)cc3)n2)o1. The van der Waals surface area contributed by atoms with E-state index in [9.17, 15) is 4.79 Å². The van der Waals surface area contributed by atoms with Crippen LogP contribution in [0.15, 0.2) is 41.1 Å². The summed E-state index contributed by atoms with van der Waals surface area (Å²) in [6, 6.07) is 6.83. The molecule has 0 radical (unpaired) electrons. The highest BCUT2D eigenvalue weighted by Gasteiger charge is 2.34. The summed E-state index contributed by atoms with van der Waals surface area (Å²) in [7, 11) is 0. The molecule has 1 saturated heterocycles. The van der Waals surface area contributed by atoms with E-state index in [2.05, 4.69) is 15.0 Å². The molecule has 1 fully saturated rings. The summed E-state index contributed by atoms with van der Waals surface area (Å²) in [6.07, 6.45) is 4.90. The van der Waals surface area contributed by atoms with Crippen molar-refractivity contribution in [3.63, 3.8) is 0 Å². The number of hydrogen-bond acceptors (Lipinski definition) is 6. The zero-order chi connectivity index (χ0) is 19.7. The number of hydrogen-bond donors (Lipinski definition) is 0. The average Bonchev–Trinajstić information content (AvgIpc) is 3.30. The lowest BCUT2D eigenvalue weighted by Gasteiger charge is -2.23. The molecule has 1 amide bonds. The van der Waals surface area contributed by atoms with Crippen LogP contribution in [0.1, 0.15) is 46.7 Å². The molecule has 7 nitrogen and oxygen atoms in total. The van der Waals surface area contributed by atoms with Gasteiger partial charge in [0.15, 0.2) is 5.89 Å². The smallest absolute Gasteiger partial charge is 0.292 e. The predicted molar refractivity (Wildman–Crippen MR) is 103 cm³/mol. The van der Waals surface area contributed by atoms with Crippen LogP contribution in [0, 0.1) is 13.8 Å². The monoisotopic (exact) mass is 398 g/mol. The summed E-state index contributed by atoms with van der Waals surface area (Å²) in [5, 5.41) is 0.630. The van der Waals surface area contributed by atoms with Gasteiger partial charge in [0.05, 0.1) is 29.8 Å². The molecule has 0 saturated carbocycles. The van der Waals surface area contributed by atoms with Gasteiger partial charge < -0.3 is 14.1 Å². The summed E-state index contributed by atoms with van der Waals surface area (Å²) >= 11 is 5.90. The molecule has 3 aromatic rings. The molecule has 1 aliphatic rings. The number of carbonyl (C=O) groups excluding carboxylic acids is 1. The van der Waals surface area contributed by atoms with Gasteiger partial charge in [-0.25, -0.2) is 9.97 Å². The standard InChI is InChI=1S/C20H19ClN4O3/c1-12-19(27-13(2)23-12)20(26)25-9-3-4-17(25)16-10-22-11-18(24-16)28-15-7-5-14(21)6-8-15/h5-8,10-11,17H,3-4,9H2,1-2H3/t17-/m0/s1. The Hall–Kier alpha value is -2.93. The fraction of sp³-hybridized carbons (Fsp3) is 0.300. The minimum Gasteiger partial charge on any atom is -0.437 e. The van der Waals surface area contributed by atoms with E-state index in [1.807, 2.05) is 0 Å². The second kappa shape index (κ2) is 7.59. The normalized spacial score (nSPS) is 16.4. The van der Waals surface area contributed by atoms with Crippen LogP contribution in [0.25, 0.3) is 0 Å². The van der Waals surface area contributed by atoms with Crippen LogP contribution >= 0.6 is 11.6 Å². The lowest BCUT2D eigenvalue weighted by atomic mass is 10.1. The first-order valence-electron chi connectivity index (χ1n) is 9.01. The van der Waals surface area contributed by atoms with Crippen LogP contribution in [0.4, 0.5) is 0 Å².